The molecule has 0 aromatic heterocycles. The molecule has 2 aromatic rings. The number of aliphatic hydroxyl groups is 4. The Kier molecular flexibility index (Phi) is 6.28. The fraction of sp³-hybridized carbons (Fsp3) is 0.350. The van der Waals surface area contributed by atoms with Crippen molar-refractivity contribution in [3.05, 3.63) is 48.5 Å². The van der Waals surface area contributed by atoms with E-state index in [-0.39, 0.29) is 0 Å². The van der Waals surface area contributed by atoms with Crippen LogP contribution in [0.3, 0.4) is 0 Å². The molecular formula is C20H22O8. The Morgan fingerprint density at radius 2 is 1.79 bits per heavy atom. The smallest absolute Gasteiger partial charge is 0.308 e. The Labute approximate surface area is 161 Å². The SMILES string of the molecule is CC(=O)Oc1cccc(-c2ccccc2O[C@@H]2O[C@H](CO)[C@@H](O)[C@H](O)[C@@H]2O)c1. The topological polar surface area (TPSA) is 126 Å². The van der Waals surface area contributed by atoms with Crippen molar-refractivity contribution in [3.8, 4) is 22.6 Å². The lowest BCUT2D eigenvalue weighted by Gasteiger charge is -2.39. The zero-order chi connectivity index (χ0) is 20.3. The third-order valence-electron chi connectivity index (χ3n) is 4.39. The van der Waals surface area contributed by atoms with Crippen molar-refractivity contribution < 1.29 is 39.4 Å². The van der Waals surface area contributed by atoms with Gasteiger partial charge in [0.05, 0.1) is 6.61 Å². The van der Waals surface area contributed by atoms with Crippen LogP contribution in [0.4, 0.5) is 0 Å². The summed E-state index contributed by atoms with van der Waals surface area (Å²) in [5, 5.41) is 39.3. The van der Waals surface area contributed by atoms with Gasteiger partial charge in [0.15, 0.2) is 0 Å². The van der Waals surface area contributed by atoms with Crippen LogP contribution < -0.4 is 9.47 Å². The van der Waals surface area contributed by atoms with E-state index in [0.29, 0.717) is 22.6 Å². The molecule has 150 valence electrons. The fourth-order valence-electron chi connectivity index (χ4n) is 2.99. The summed E-state index contributed by atoms with van der Waals surface area (Å²) in [5.74, 6) is 0.266. The number of esters is 1. The summed E-state index contributed by atoms with van der Waals surface area (Å²) in [7, 11) is 0. The molecule has 0 spiro atoms. The molecule has 4 N–H and O–H groups in total. The van der Waals surface area contributed by atoms with Crippen LogP contribution in [0.2, 0.25) is 0 Å². The molecule has 0 aliphatic carbocycles. The fourth-order valence-corrected chi connectivity index (χ4v) is 2.99. The van der Waals surface area contributed by atoms with Gasteiger partial charge in [-0.3, -0.25) is 4.79 Å². The molecule has 0 amide bonds. The Morgan fingerprint density at radius 3 is 2.50 bits per heavy atom. The number of carbonyl (C=O) groups excluding carboxylic acids is 1. The molecule has 1 heterocycles. The van der Waals surface area contributed by atoms with Crippen molar-refractivity contribution >= 4 is 5.97 Å². The number of ether oxygens (including phenoxy) is 3. The number of hydrogen-bond donors (Lipinski definition) is 4. The molecule has 1 aliphatic heterocycles. The molecule has 8 heteroatoms. The molecule has 3 rings (SSSR count). The van der Waals surface area contributed by atoms with Crippen molar-refractivity contribution in [2.45, 2.75) is 37.6 Å². The Bertz CT molecular complexity index is 821. The van der Waals surface area contributed by atoms with Crippen LogP contribution >= 0.6 is 0 Å². The van der Waals surface area contributed by atoms with E-state index in [1.165, 1.54) is 6.92 Å². The van der Waals surface area contributed by atoms with E-state index in [9.17, 15) is 25.2 Å². The van der Waals surface area contributed by atoms with E-state index in [1.54, 1.807) is 48.5 Å². The molecule has 0 radical (unpaired) electrons. The monoisotopic (exact) mass is 390 g/mol. The van der Waals surface area contributed by atoms with Gasteiger partial charge in [-0.15, -0.1) is 0 Å². The van der Waals surface area contributed by atoms with Gasteiger partial charge >= 0.3 is 5.97 Å². The highest BCUT2D eigenvalue weighted by Gasteiger charge is 2.44. The Morgan fingerprint density at radius 1 is 1.04 bits per heavy atom. The average Bonchev–Trinajstić information content (AvgIpc) is 2.68. The summed E-state index contributed by atoms with van der Waals surface area (Å²) in [4.78, 5) is 11.2. The van der Waals surface area contributed by atoms with Crippen LogP contribution in [0.5, 0.6) is 11.5 Å². The van der Waals surface area contributed by atoms with E-state index in [1.807, 2.05) is 0 Å². The predicted molar refractivity (Wildman–Crippen MR) is 97.6 cm³/mol. The van der Waals surface area contributed by atoms with Gasteiger partial charge in [-0.2, -0.15) is 0 Å². The molecule has 0 bridgehead atoms. The number of aliphatic hydroxyl groups excluding tert-OH is 4. The molecule has 0 saturated carbocycles. The summed E-state index contributed by atoms with van der Waals surface area (Å²) in [6.45, 7) is 0.764. The van der Waals surface area contributed by atoms with Gasteiger partial charge in [-0.1, -0.05) is 30.3 Å². The lowest BCUT2D eigenvalue weighted by atomic mass is 9.99. The predicted octanol–water partition coefficient (Wildman–Crippen LogP) is 0.458. The van der Waals surface area contributed by atoms with E-state index >= 15 is 0 Å². The molecule has 8 nitrogen and oxygen atoms in total. The third kappa shape index (κ3) is 4.32. The minimum Gasteiger partial charge on any atom is -0.461 e. The molecule has 1 fully saturated rings. The second-order valence-corrected chi connectivity index (χ2v) is 6.43. The first-order valence-corrected chi connectivity index (χ1v) is 8.75. The molecule has 1 aliphatic rings. The lowest BCUT2D eigenvalue weighted by molar-refractivity contribution is -0.277. The van der Waals surface area contributed by atoms with Gasteiger partial charge < -0.3 is 34.6 Å². The van der Waals surface area contributed by atoms with Crippen LogP contribution in [-0.4, -0.2) is 63.7 Å². The van der Waals surface area contributed by atoms with Crippen molar-refractivity contribution in [1.29, 1.82) is 0 Å². The van der Waals surface area contributed by atoms with E-state index < -0.39 is 43.3 Å². The maximum atomic E-state index is 11.2. The minimum absolute atomic E-state index is 0.340. The van der Waals surface area contributed by atoms with Gasteiger partial charge in [0, 0.05) is 12.5 Å². The van der Waals surface area contributed by atoms with Crippen LogP contribution in [0, 0.1) is 0 Å². The number of hydrogen-bond acceptors (Lipinski definition) is 8. The highest BCUT2D eigenvalue weighted by molar-refractivity contribution is 5.74. The van der Waals surface area contributed by atoms with Crippen molar-refractivity contribution in [2.24, 2.45) is 0 Å². The third-order valence-corrected chi connectivity index (χ3v) is 4.39. The van der Waals surface area contributed by atoms with Crippen LogP contribution in [0.1, 0.15) is 6.92 Å². The molecule has 28 heavy (non-hydrogen) atoms. The summed E-state index contributed by atoms with van der Waals surface area (Å²) < 4.78 is 16.3. The quantitative estimate of drug-likeness (QED) is 0.429. The van der Waals surface area contributed by atoms with Crippen molar-refractivity contribution in [1.82, 2.24) is 0 Å². The van der Waals surface area contributed by atoms with E-state index in [0.717, 1.165) is 0 Å². The highest BCUT2D eigenvalue weighted by Crippen LogP contribution is 2.34. The Hall–Kier alpha value is -2.49. The largest absolute Gasteiger partial charge is 0.461 e. The summed E-state index contributed by atoms with van der Waals surface area (Å²) >= 11 is 0. The Balaban J connectivity index is 1.88. The van der Waals surface area contributed by atoms with Crippen LogP contribution in [0.25, 0.3) is 11.1 Å². The zero-order valence-corrected chi connectivity index (χ0v) is 15.1. The van der Waals surface area contributed by atoms with Crippen molar-refractivity contribution in [2.75, 3.05) is 6.61 Å². The number of para-hydroxylation sites is 1. The summed E-state index contributed by atoms with van der Waals surface area (Å²) in [6.07, 6.45) is -6.87. The van der Waals surface area contributed by atoms with Crippen LogP contribution in [0.15, 0.2) is 48.5 Å². The number of benzene rings is 2. The van der Waals surface area contributed by atoms with Gasteiger partial charge in [0.25, 0.3) is 0 Å². The van der Waals surface area contributed by atoms with Gasteiger partial charge in [0.2, 0.25) is 6.29 Å². The molecular weight excluding hydrogens is 368 g/mol. The van der Waals surface area contributed by atoms with Gasteiger partial charge in [-0.25, -0.2) is 0 Å². The van der Waals surface area contributed by atoms with E-state index in [2.05, 4.69) is 0 Å². The number of carbonyl (C=O) groups is 1. The van der Waals surface area contributed by atoms with Gasteiger partial charge in [0.1, 0.15) is 35.9 Å². The minimum atomic E-state index is -1.53. The first-order chi connectivity index (χ1) is 13.4. The lowest BCUT2D eigenvalue weighted by Crippen LogP contribution is -2.60. The van der Waals surface area contributed by atoms with Gasteiger partial charge in [-0.05, 0) is 23.8 Å². The van der Waals surface area contributed by atoms with Crippen molar-refractivity contribution in [3.63, 3.8) is 0 Å². The summed E-state index contributed by atoms with van der Waals surface area (Å²) in [5.41, 5.74) is 1.33. The molecule has 0 unspecified atom stereocenters. The summed E-state index contributed by atoms with van der Waals surface area (Å²) in [6, 6.07) is 13.7. The molecule has 2 aromatic carbocycles. The number of rotatable bonds is 5. The van der Waals surface area contributed by atoms with Crippen LogP contribution in [-0.2, 0) is 9.53 Å². The molecule has 5 atom stereocenters. The highest BCUT2D eigenvalue weighted by atomic mass is 16.7. The second-order valence-electron chi connectivity index (χ2n) is 6.43. The maximum Gasteiger partial charge on any atom is 0.308 e. The first kappa shape index (κ1) is 20.2. The maximum absolute atomic E-state index is 11.2. The average molecular weight is 390 g/mol. The first-order valence-electron chi connectivity index (χ1n) is 8.75. The zero-order valence-electron chi connectivity index (χ0n) is 15.1. The van der Waals surface area contributed by atoms with E-state index in [4.69, 9.17) is 14.2 Å². The molecule has 1 saturated heterocycles. The normalized spacial score (nSPS) is 27.2. The standard InChI is InChI=1S/C20H22O8/c1-11(22)26-13-6-4-5-12(9-13)14-7-2-3-8-15(14)27-20-19(25)18(24)17(23)16(10-21)28-20/h2-9,16-21,23-25H,10H2,1H3/t16-,17-,18+,19+,20-/m1/s1. The second kappa shape index (κ2) is 8.68.